The van der Waals surface area contributed by atoms with E-state index in [1.54, 1.807) is 0 Å². The molecule has 2 heterocycles. The van der Waals surface area contributed by atoms with Gasteiger partial charge in [-0.1, -0.05) is 6.07 Å². The van der Waals surface area contributed by atoms with E-state index in [0.29, 0.717) is 11.6 Å². The fourth-order valence-electron chi connectivity index (χ4n) is 1.87. The Hall–Kier alpha value is -1.27. The van der Waals surface area contributed by atoms with Crippen molar-refractivity contribution in [3.63, 3.8) is 0 Å². The second-order valence-electron chi connectivity index (χ2n) is 4.78. The summed E-state index contributed by atoms with van der Waals surface area (Å²) >= 11 is 1.53. The van der Waals surface area contributed by atoms with Crippen molar-refractivity contribution in [1.82, 2.24) is 4.98 Å². The Morgan fingerprint density at radius 3 is 2.57 bits per heavy atom. The highest BCUT2D eigenvalue weighted by molar-refractivity contribution is 7.15. The van der Waals surface area contributed by atoms with E-state index in [2.05, 4.69) is 14.9 Å². The van der Waals surface area contributed by atoms with Crippen LogP contribution in [0.2, 0.25) is 0 Å². The number of rotatable bonds is 6. The Labute approximate surface area is 140 Å². The van der Waals surface area contributed by atoms with Crippen LogP contribution in [-0.2, 0) is 11.3 Å². The molecule has 0 saturated carbocycles. The lowest BCUT2D eigenvalue weighted by Crippen LogP contribution is -3.00. The summed E-state index contributed by atoms with van der Waals surface area (Å²) < 4.78 is 2.13. The van der Waals surface area contributed by atoms with Crippen LogP contribution in [0.5, 0.6) is 0 Å². The molecular weight excluding hydrogens is 350 g/mol. The van der Waals surface area contributed by atoms with Gasteiger partial charge in [0, 0.05) is 29.9 Å². The van der Waals surface area contributed by atoms with Crippen LogP contribution in [-0.4, -0.2) is 10.9 Å². The fourth-order valence-corrected chi connectivity index (χ4v) is 2.70. The number of carbonyl (C=O) groups is 1. The Bertz CT molecular complexity index is 552. The molecule has 0 fully saturated rings. The molecule has 4 nitrogen and oxygen atoms in total. The summed E-state index contributed by atoms with van der Waals surface area (Å²) in [5, 5.41) is 3.57. The molecule has 1 amide bonds. The van der Waals surface area contributed by atoms with Gasteiger partial charge in [0.15, 0.2) is 17.5 Å². The Morgan fingerprint density at radius 1 is 1.24 bits per heavy atom. The SMILES string of the molecule is Cc1nc(NC(=O)CCCC[n+]2ccccc2)sc1C.[Br-]. The van der Waals surface area contributed by atoms with Gasteiger partial charge in [-0.25, -0.2) is 9.55 Å². The molecule has 0 aliphatic rings. The number of anilines is 1. The molecule has 0 radical (unpaired) electrons. The van der Waals surface area contributed by atoms with Crippen LogP contribution in [0.15, 0.2) is 30.6 Å². The maximum atomic E-state index is 11.8. The topological polar surface area (TPSA) is 45.9 Å². The summed E-state index contributed by atoms with van der Waals surface area (Å²) in [5.41, 5.74) is 0.991. The minimum Gasteiger partial charge on any atom is -1.00 e. The number of aromatic nitrogens is 2. The molecule has 2 aromatic heterocycles. The molecule has 114 valence electrons. The molecule has 0 bridgehead atoms. The van der Waals surface area contributed by atoms with Crippen LogP contribution in [0.25, 0.3) is 0 Å². The zero-order chi connectivity index (χ0) is 14.4. The zero-order valence-corrected chi connectivity index (χ0v) is 14.7. The number of hydrogen-bond donors (Lipinski definition) is 1. The maximum Gasteiger partial charge on any atom is 0.226 e. The van der Waals surface area contributed by atoms with E-state index in [-0.39, 0.29) is 22.9 Å². The van der Waals surface area contributed by atoms with Crippen molar-refractivity contribution < 1.29 is 26.3 Å². The van der Waals surface area contributed by atoms with Crippen LogP contribution < -0.4 is 26.9 Å². The molecule has 0 spiro atoms. The third-order valence-corrected chi connectivity index (χ3v) is 4.11. The Balaban J connectivity index is 0.00000220. The summed E-state index contributed by atoms with van der Waals surface area (Å²) in [5.74, 6) is 0.0526. The van der Waals surface area contributed by atoms with Gasteiger partial charge in [-0.2, -0.15) is 0 Å². The molecule has 1 N–H and O–H groups in total. The van der Waals surface area contributed by atoms with E-state index in [9.17, 15) is 4.79 Å². The predicted octanol–water partition coefficient (Wildman–Crippen LogP) is -0.140. The number of halogens is 1. The standard InChI is InChI=1S/C15H19N3OS.BrH/c1-12-13(2)20-15(16-12)17-14(19)8-4-7-11-18-9-5-3-6-10-18;/h3,5-6,9-10H,4,7-8,11H2,1-2H3;1H. The van der Waals surface area contributed by atoms with Crippen molar-refractivity contribution in [2.75, 3.05) is 5.32 Å². The minimum atomic E-state index is 0. The van der Waals surface area contributed by atoms with Crippen LogP contribution in [0.4, 0.5) is 5.13 Å². The average Bonchev–Trinajstić information content (AvgIpc) is 2.74. The monoisotopic (exact) mass is 369 g/mol. The van der Waals surface area contributed by atoms with Crippen molar-refractivity contribution in [2.45, 2.75) is 39.7 Å². The normalized spacial score (nSPS) is 10.0. The summed E-state index contributed by atoms with van der Waals surface area (Å²) in [7, 11) is 0. The number of hydrogen-bond acceptors (Lipinski definition) is 3. The van der Waals surface area contributed by atoms with E-state index in [1.807, 2.05) is 44.4 Å². The molecule has 0 aliphatic heterocycles. The predicted molar refractivity (Wildman–Crippen MR) is 80.7 cm³/mol. The Kier molecular flexibility index (Phi) is 7.53. The molecule has 0 aromatic carbocycles. The van der Waals surface area contributed by atoms with Gasteiger partial charge in [-0.3, -0.25) is 4.79 Å². The van der Waals surface area contributed by atoms with Crippen molar-refractivity contribution in [3.8, 4) is 0 Å². The number of nitrogens with zero attached hydrogens (tertiary/aromatic N) is 2. The van der Waals surface area contributed by atoms with Crippen LogP contribution >= 0.6 is 11.3 Å². The van der Waals surface area contributed by atoms with E-state index >= 15 is 0 Å². The van der Waals surface area contributed by atoms with E-state index in [0.717, 1.165) is 30.0 Å². The molecule has 0 atom stereocenters. The number of carbonyl (C=O) groups excluding carboxylic acids is 1. The first-order chi connectivity index (χ1) is 9.65. The number of nitrogens with one attached hydrogen (secondary N) is 1. The zero-order valence-electron chi connectivity index (χ0n) is 12.3. The van der Waals surface area contributed by atoms with Crippen LogP contribution in [0.1, 0.15) is 29.8 Å². The average molecular weight is 370 g/mol. The molecule has 0 aliphatic carbocycles. The van der Waals surface area contributed by atoms with Gasteiger partial charge in [-0.05, 0) is 20.3 Å². The van der Waals surface area contributed by atoms with Gasteiger partial charge in [-0.15, -0.1) is 11.3 Å². The first-order valence-corrected chi connectivity index (χ1v) is 7.65. The molecular formula is C15H20BrN3OS. The summed E-state index contributed by atoms with van der Waals surface area (Å²) in [4.78, 5) is 17.3. The second kappa shape index (κ2) is 8.89. The van der Waals surface area contributed by atoms with Crippen LogP contribution in [0.3, 0.4) is 0 Å². The lowest BCUT2D eigenvalue weighted by atomic mass is 10.2. The third kappa shape index (κ3) is 5.93. The fraction of sp³-hybridized carbons (Fsp3) is 0.400. The van der Waals surface area contributed by atoms with Gasteiger partial charge in [0.25, 0.3) is 0 Å². The van der Waals surface area contributed by atoms with Gasteiger partial charge >= 0.3 is 0 Å². The van der Waals surface area contributed by atoms with Crippen molar-refractivity contribution in [2.24, 2.45) is 0 Å². The smallest absolute Gasteiger partial charge is 0.226 e. The van der Waals surface area contributed by atoms with Gasteiger partial charge < -0.3 is 22.3 Å². The van der Waals surface area contributed by atoms with Gasteiger partial charge in [0.05, 0.1) is 5.69 Å². The minimum absolute atomic E-state index is 0. The van der Waals surface area contributed by atoms with Crippen molar-refractivity contribution >= 4 is 22.4 Å². The third-order valence-electron chi connectivity index (χ3n) is 3.12. The summed E-state index contributed by atoms with van der Waals surface area (Å²) in [6.45, 7) is 4.92. The quantitative estimate of drug-likeness (QED) is 0.569. The lowest BCUT2D eigenvalue weighted by Gasteiger charge is -2.00. The molecule has 2 rings (SSSR count). The highest BCUT2D eigenvalue weighted by atomic mass is 79.9. The Morgan fingerprint density at radius 2 is 1.95 bits per heavy atom. The van der Waals surface area contributed by atoms with Crippen LogP contribution in [0, 0.1) is 13.8 Å². The van der Waals surface area contributed by atoms with E-state index in [1.165, 1.54) is 11.3 Å². The number of unbranched alkanes of at least 4 members (excludes halogenated alkanes) is 1. The first kappa shape index (κ1) is 17.8. The van der Waals surface area contributed by atoms with Crippen molar-refractivity contribution in [3.05, 3.63) is 41.2 Å². The summed E-state index contributed by atoms with van der Waals surface area (Å²) in [6, 6.07) is 6.03. The number of thiazole rings is 1. The molecule has 0 saturated heterocycles. The number of amides is 1. The first-order valence-electron chi connectivity index (χ1n) is 6.83. The second-order valence-corrected chi connectivity index (χ2v) is 5.98. The molecule has 0 unspecified atom stereocenters. The largest absolute Gasteiger partial charge is 1.00 e. The molecule has 6 heteroatoms. The number of pyridine rings is 1. The maximum absolute atomic E-state index is 11.8. The lowest BCUT2D eigenvalue weighted by molar-refractivity contribution is -0.697. The van der Waals surface area contributed by atoms with E-state index in [4.69, 9.17) is 0 Å². The van der Waals surface area contributed by atoms with E-state index < -0.39 is 0 Å². The summed E-state index contributed by atoms with van der Waals surface area (Å²) in [6.07, 6.45) is 6.52. The van der Waals surface area contributed by atoms with Gasteiger partial charge in [0.1, 0.15) is 6.54 Å². The highest BCUT2D eigenvalue weighted by Crippen LogP contribution is 2.21. The van der Waals surface area contributed by atoms with Crippen molar-refractivity contribution in [1.29, 1.82) is 0 Å². The van der Waals surface area contributed by atoms with Gasteiger partial charge in [0.2, 0.25) is 5.91 Å². The molecule has 2 aromatic rings. The highest BCUT2D eigenvalue weighted by Gasteiger charge is 2.08. The molecule has 21 heavy (non-hydrogen) atoms. The number of aryl methyl sites for hydroxylation is 3.